The molecule has 0 unspecified atom stereocenters. The number of hydrogen-bond acceptors (Lipinski definition) is 4. The van der Waals surface area contributed by atoms with E-state index >= 15 is 0 Å². The molecule has 5 heteroatoms. The first-order valence-electron chi connectivity index (χ1n) is 3.72. The monoisotopic (exact) mass is 199 g/mol. The van der Waals surface area contributed by atoms with E-state index in [2.05, 4.69) is 0 Å². The number of hydrogen-bond donors (Lipinski definition) is 4. The number of aliphatic carboxylic acids is 1. The van der Waals surface area contributed by atoms with Gasteiger partial charge in [0.2, 0.25) is 0 Å². The lowest BCUT2D eigenvalue weighted by molar-refractivity contribution is -0.138. The number of carbonyl (C=O) groups is 1. The molecule has 5 nitrogen and oxygen atoms in total. The summed E-state index contributed by atoms with van der Waals surface area (Å²) in [5, 5.41) is 8.52. The Morgan fingerprint density at radius 3 is 2.21 bits per heavy atom. The molecule has 0 saturated heterocycles. The van der Waals surface area contributed by atoms with Crippen molar-refractivity contribution in [2.75, 3.05) is 0 Å². The van der Waals surface area contributed by atoms with Gasteiger partial charge < -0.3 is 23.1 Å². The van der Waals surface area contributed by atoms with Crippen molar-refractivity contribution >= 4 is 5.97 Å². The second-order valence-electron chi connectivity index (χ2n) is 2.63. The minimum Gasteiger partial charge on any atom is -0.480 e. The molecule has 1 rings (SSSR count). The molecule has 0 amide bonds. The first-order chi connectivity index (χ1) is 5.70. The topological polar surface area (TPSA) is 133 Å². The molecule has 0 spiro atoms. The molecule has 0 bridgehead atoms. The molecule has 1 aromatic rings. The van der Waals surface area contributed by atoms with Crippen molar-refractivity contribution in [1.82, 2.24) is 12.3 Å². The highest BCUT2D eigenvalue weighted by molar-refractivity contribution is 5.73. The molecule has 0 aliphatic carbocycles. The van der Waals surface area contributed by atoms with Gasteiger partial charge in [-0.15, -0.1) is 0 Å². The van der Waals surface area contributed by atoms with E-state index in [1.807, 2.05) is 30.3 Å². The van der Waals surface area contributed by atoms with Gasteiger partial charge in [0, 0.05) is 0 Å². The van der Waals surface area contributed by atoms with Gasteiger partial charge in [0.05, 0.1) is 0 Å². The van der Waals surface area contributed by atoms with Crippen molar-refractivity contribution in [3.8, 4) is 0 Å². The summed E-state index contributed by atoms with van der Waals surface area (Å²) >= 11 is 0. The predicted molar refractivity (Wildman–Crippen MR) is 55.8 cm³/mol. The zero-order valence-corrected chi connectivity index (χ0v) is 8.02. The Labute approximate surface area is 83.1 Å². The molecule has 0 saturated carbocycles. The molecule has 0 aromatic heterocycles. The van der Waals surface area contributed by atoms with Crippen LogP contribution in [0.2, 0.25) is 0 Å². The van der Waals surface area contributed by atoms with Gasteiger partial charge in [-0.1, -0.05) is 30.3 Å². The number of rotatable bonds is 3. The van der Waals surface area contributed by atoms with Crippen molar-refractivity contribution < 1.29 is 9.90 Å². The Morgan fingerprint density at radius 1 is 1.29 bits per heavy atom. The summed E-state index contributed by atoms with van der Waals surface area (Å²) in [6, 6.07) is 8.54. The molecule has 9 N–H and O–H groups in total. The van der Waals surface area contributed by atoms with Gasteiger partial charge in [-0.2, -0.15) is 0 Å². The van der Waals surface area contributed by atoms with Crippen LogP contribution in [0.4, 0.5) is 0 Å². The SMILES string of the molecule is N.N.N[C@@H](Cc1ccccc1)C(=O)O. The van der Waals surface area contributed by atoms with E-state index in [4.69, 9.17) is 10.8 Å². The molecule has 80 valence electrons. The second kappa shape index (κ2) is 7.02. The fourth-order valence-corrected chi connectivity index (χ4v) is 0.955. The molecular formula is C9H17N3O2. The fraction of sp³-hybridized carbons (Fsp3) is 0.222. The van der Waals surface area contributed by atoms with Crippen molar-refractivity contribution in [3.05, 3.63) is 35.9 Å². The Bertz CT molecular complexity index is 264. The zero-order valence-electron chi connectivity index (χ0n) is 8.02. The van der Waals surface area contributed by atoms with Crippen LogP contribution in [-0.4, -0.2) is 17.1 Å². The highest BCUT2D eigenvalue weighted by Gasteiger charge is 2.10. The number of carboxylic acids is 1. The number of carboxylic acid groups (broad SMARTS) is 1. The van der Waals surface area contributed by atoms with Crippen LogP contribution in [0, 0.1) is 0 Å². The Hall–Kier alpha value is -1.43. The third-order valence-electron chi connectivity index (χ3n) is 1.62. The molecule has 0 fully saturated rings. The third-order valence-corrected chi connectivity index (χ3v) is 1.62. The summed E-state index contributed by atoms with van der Waals surface area (Å²) < 4.78 is 0. The molecule has 0 aliphatic rings. The summed E-state index contributed by atoms with van der Waals surface area (Å²) in [6.45, 7) is 0. The minimum absolute atomic E-state index is 0. The number of nitrogens with two attached hydrogens (primary N) is 1. The average Bonchev–Trinajstić information content (AvgIpc) is 2.06. The zero-order chi connectivity index (χ0) is 8.97. The smallest absolute Gasteiger partial charge is 0.320 e. The quantitative estimate of drug-likeness (QED) is 0.575. The normalized spacial score (nSPS) is 10.6. The van der Waals surface area contributed by atoms with Gasteiger partial charge in [-0.25, -0.2) is 0 Å². The highest BCUT2D eigenvalue weighted by Crippen LogP contribution is 2.01. The van der Waals surface area contributed by atoms with E-state index in [-0.39, 0.29) is 12.3 Å². The van der Waals surface area contributed by atoms with Gasteiger partial charge in [0.25, 0.3) is 0 Å². The third kappa shape index (κ3) is 4.56. The standard InChI is InChI=1S/C9H11NO2.2H3N/c10-8(9(11)12)6-7-4-2-1-3-5-7;;/h1-5,8H,6,10H2,(H,11,12);2*1H3/t8-;;/m0../s1. The molecular weight excluding hydrogens is 182 g/mol. The van der Waals surface area contributed by atoms with Crippen molar-refractivity contribution in [2.45, 2.75) is 12.5 Å². The molecule has 0 aliphatic heterocycles. The van der Waals surface area contributed by atoms with E-state index in [0.717, 1.165) is 5.56 Å². The lowest BCUT2D eigenvalue weighted by Crippen LogP contribution is -2.32. The summed E-state index contributed by atoms with van der Waals surface area (Å²) in [5.74, 6) is -0.959. The Balaban J connectivity index is 0. The van der Waals surface area contributed by atoms with Crippen LogP contribution in [0.3, 0.4) is 0 Å². The molecule has 0 heterocycles. The first kappa shape index (κ1) is 15.1. The second-order valence-corrected chi connectivity index (χ2v) is 2.63. The summed E-state index contributed by atoms with van der Waals surface area (Å²) in [7, 11) is 0. The van der Waals surface area contributed by atoms with Crippen LogP contribution in [-0.2, 0) is 11.2 Å². The van der Waals surface area contributed by atoms with Gasteiger partial charge >= 0.3 is 5.97 Å². The largest absolute Gasteiger partial charge is 0.480 e. The van der Waals surface area contributed by atoms with E-state index < -0.39 is 12.0 Å². The van der Waals surface area contributed by atoms with Crippen LogP contribution in [0.25, 0.3) is 0 Å². The van der Waals surface area contributed by atoms with E-state index in [9.17, 15) is 4.79 Å². The first-order valence-corrected chi connectivity index (χ1v) is 3.72. The minimum atomic E-state index is -0.959. The van der Waals surface area contributed by atoms with Crippen molar-refractivity contribution in [2.24, 2.45) is 5.73 Å². The summed E-state index contributed by atoms with van der Waals surface area (Å²) in [6.07, 6.45) is 0.385. The van der Waals surface area contributed by atoms with Crippen molar-refractivity contribution in [3.63, 3.8) is 0 Å². The van der Waals surface area contributed by atoms with Crippen molar-refractivity contribution in [1.29, 1.82) is 0 Å². The van der Waals surface area contributed by atoms with Crippen LogP contribution in [0.1, 0.15) is 5.56 Å². The van der Waals surface area contributed by atoms with E-state index in [1.165, 1.54) is 0 Å². The van der Waals surface area contributed by atoms with Crippen LogP contribution >= 0.6 is 0 Å². The van der Waals surface area contributed by atoms with Gasteiger partial charge in [-0.05, 0) is 12.0 Å². The molecule has 14 heavy (non-hydrogen) atoms. The number of benzene rings is 1. The fourth-order valence-electron chi connectivity index (χ4n) is 0.955. The molecule has 1 aromatic carbocycles. The molecule has 1 atom stereocenters. The lowest BCUT2D eigenvalue weighted by Gasteiger charge is -2.04. The van der Waals surface area contributed by atoms with Gasteiger partial charge in [-0.3, -0.25) is 4.79 Å². The summed E-state index contributed by atoms with van der Waals surface area (Å²) in [5.41, 5.74) is 6.30. The van der Waals surface area contributed by atoms with Crippen LogP contribution in [0.5, 0.6) is 0 Å². The highest BCUT2D eigenvalue weighted by atomic mass is 16.4. The lowest BCUT2D eigenvalue weighted by atomic mass is 10.1. The van der Waals surface area contributed by atoms with E-state index in [1.54, 1.807) is 0 Å². The molecule has 0 radical (unpaired) electrons. The van der Waals surface area contributed by atoms with Gasteiger partial charge in [0.1, 0.15) is 6.04 Å². The Kier molecular flexibility index (Phi) is 7.55. The van der Waals surface area contributed by atoms with E-state index in [0.29, 0.717) is 6.42 Å². The average molecular weight is 199 g/mol. The van der Waals surface area contributed by atoms with Crippen LogP contribution < -0.4 is 18.0 Å². The maximum Gasteiger partial charge on any atom is 0.320 e. The maximum absolute atomic E-state index is 10.4. The summed E-state index contributed by atoms with van der Waals surface area (Å²) in [4.78, 5) is 10.4. The maximum atomic E-state index is 10.4. The Morgan fingerprint density at radius 2 is 1.79 bits per heavy atom. The van der Waals surface area contributed by atoms with Gasteiger partial charge in [0.15, 0.2) is 0 Å². The van der Waals surface area contributed by atoms with Crippen LogP contribution in [0.15, 0.2) is 30.3 Å². The predicted octanol–water partition coefficient (Wildman–Crippen LogP) is 0.965.